The molecule has 0 bridgehead atoms. The van der Waals surface area contributed by atoms with Crippen LogP contribution in [0.15, 0.2) is 139 Å². The average Bonchev–Trinajstić information content (AvgIpc) is 3.44. The molecule has 2 amide bonds. The predicted molar refractivity (Wildman–Crippen MR) is 279 cm³/mol. The number of nitrogens with zero attached hydrogens (tertiary/aromatic N) is 4. The van der Waals surface area contributed by atoms with Crippen LogP contribution in [-0.2, 0) is 22.7 Å². The minimum Gasteiger partial charge on any atom is -0.497 e. The largest absolute Gasteiger partial charge is 0.497 e. The predicted octanol–water partition coefficient (Wildman–Crippen LogP) is 10.4. The summed E-state index contributed by atoms with van der Waals surface area (Å²) in [6.45, 7) is 3.82. The van der Waals surface area contributed by atoms with Gasteiger partial charge >= 0.3 is 6.09 Å². The smallest absolute Gasteiger partial charge is 0.417 e. The number of anilines is 1. The van der Waals surface area contributed by atoms with Crippen molar-refractivity contribution in [3.8, 4) is 29.1 Å². The Kier molecular flexibility index (Phi) is 17.8. The number of amides is 2. The zero-order valence-corrected chi connectivity index (χ0v) is 42.3. The second-order valence-corrected chi connectivity index (χ2v) is 18.8. The zero-order valence-electron chi connectivity index (χ0n) is 42.3. The summed E-state index contributed by atoms with van der Waals surface area (Å²) in [4.78, 5) is 48.0. The Labute approximate surface area is 439 Å². The molecule has 1 fully saturated rings. The molecule has 5 aromatic carbocycles. The van der Waals surface area contributed by atoms with Crippen molar-refractivity contribution < 1.29 is 57.6 Å². The van der Waals surface area contributed by atoms with Gasteiger partial charge in [0.25, 0.3) is 11.6 Å². The summed E-state index contributed by atoms with van der Waals surface area (Å²) >= 11 is 0. The minimum atomic E-state index is -1.71. The number of nitro groups is 1. The zero-order chi connectivity index (χ0) is 53.8. The van der Waals surface area contributed by atoms with Gasteiger partial charge < -0.3 is 43.6 Å². The fourth-order valence-corrected chi connectivity index (χ4v) is 10.7. The SMILES string of the molecule is C=CCOC12Oc3ccc(OC(=O)Nc4ccc(OC)cc4OC)cc3C3C(CCCCO)C(CCCCO)C=C(C(=NOCc4ccc([N+](=O)[O-])cc4)CC1N(Cc1ccc(F)cc1)C(=O)c1ccc(C#N)cc1)C32. The van der Waals surface area contributed by atoms with Crippen molar-refractivity contribution in [2.75, 3.05) is 39.4 Å². The number of unbranched alkanes of at least 4 members (excludes halogenated alkanes) is 2. The summed E-state index contributed by atoms with van der Waals surface area (Å²) < 4.78 is 45.9. The van der Waals surface area contributed by atoms with Crippen LogP contribution in [0.5, 0.6) is 23.0 Å². The number of ether oxygens (including phenoxy) is 5. The van der Waals surface area contributed by atoms with Crippen molar-refractivity contribution in [3.05, 3.63) is 177 Å². The highest BCUT2D eigenvalue weighted by Gasteiger charge is 2.65. The molecule has 18 heteroatoms. The van der Waals surface area contributed by atoms with E-state index in [1.165, 1.54) is 38.5 Å². The molecule has 396 valence electrons. The van der Waals surface area contributed by atoms with Gasteiger partial charge in [0.2, 0.25) is 5.79 Å². The van der Waals surface area contributed by atoms with Crippen LogP contribution in [0, 0.1) is 45.0 Å². The van der Waals surface area contributed by atoms with Crippen LogP contribution < -0.4 is 24.3 Å². The minimum absolute atomic E-state index is 0.000265. The number of nitrogens with one attached hydrogen (secondary N) is 1. The topological polar surface area (TPSA) is 225 Å². The van der Waals surface area contributed by atoms with Gasteiger partial charge in [0.15, 0.2) is 0 Å². The molecule has 6 atom stereocenters. The van der Waals surface area contributed by atoms with Gasteiger partial charge in [-0.2, -0.15) is 5.26 Å². The number of carbonyl (C=O) groups is 2. The van der Waals surface area contributed by atoms with Gasteiger partial charge in [0, 0.05) is 61.4 Å². The number of carbonyl (C=O) groups excluding carboxylic acids is 2. The van der Waals surface area contributed by atoms with Gasteiger partial charge in [-0.15, -0.1) is 6.58 Å². The van der Waals surface area contributed by atoms with E-state index in [4.69, 9.17) is 33.7 Å². The highest BCUT2D eigenvalue weighted by atomic mass is 19.1. The molecule has 1 heterocycles. The standard InChI is InChI=1S/C58H60FN5O12/c1-4-29-73-58-53(63(35-38-13-19-42(59)20-14-38)56(67)40-17-11-37(34-60)12-18-40)33-50(62-74-36-39-15-21-43(22-16-39)64(69)70)47-30-41(9-5-7-27-65)46(10-6-8-28-66)54(55(47)58)48-31-45(24-26-51(48)76-58)75-57(68)61-49-25-23-44(71-2)32-52(49)72-3/h4,11-26,30-32,41,46,53-55,65-66H,1,5-10,27-29,33,35-36H2,2-3H3,(H,61,68). The number of halogens is 1. The number of non-ortho nitro benzene ring substituents is 1. The second-order valence-electron chi connectivity index (χ2n) is 18.8. The highest BCUT2D eigenvalue weighted by molar-refractivity contribution is 6.03. The number of nitriles is 1. The van der Waals surface area contributed by atoms with Crippen molar-refractivity contribution >= 4 is 29.1 Å². The number of nitro benzene ring substituents is 1. The summed E-state index contributed by atoms with van der Waals surface area (Å²) in [6.07, 6.45) is 6.63. The van der Waals surface area contributed by atoms with Crippen LogP contribution in [0.4, 0.5) is 20.6 Å². The Hall–Kier alpha value is -8.11. The lowest BCUT2D eigenvalue weighted by Gasteiger charge is -2.60. The molecule has 17 nitrogen and oxygen atoms in total. The number of aliphatic hydroxyl groups excluding tert-OH is 2. The number of hydrogen-bond acceptors (Lipinski definition) is 14. The van der Waals surface area contributed by atoms with Gasteiger partial charge in [-0.05, 0) is 133 Å². The Morgan fingerprint density at radius 3 is 2.32 bits per heavy atom. The van der Waals surface area contributed by atoms with Crippen LogP contribution in [-0.4, -0.2) is 83.6 Å². The van der Waals surface area contributed by atoms with Gasteiger partial charge in [-0.1, -0.05) is 42.3 Å². The molecule has 1 aliphatic heterocycles. The number of methoxy groups -OCH3 is 2. The third-order valence-electron chi connectivity index (χ3n) is 14.2. The van der Waals surface area contributed by atoms with Gasteiger partial charge in [-0.3, -0.25) is 20.2 Å². The highest BCUT2D eigenvalue weighted by Crippen LogP contribution is 2.62. The summed E-state index contributed by atoms with van der Waals surface area (Å²) in [5.74, 6) is -2.81. The maximum absolute atomic E-state index is 15.5. The summed E-state index contributed by atoms with van der Waals surface area (Å²) in [5, 5.41) is 49.0. The van der Waals surface area contributed by atoms with Crippen molar-refractivity contribution in [2.45, 2.75) is 75.8 Å². The van der Waals surface area contributed by atoms with E-state index in [1.807, 2.05) is 0 Å². The number of hydrogen-bond donors (Lipinski definition) is 3. The molecule has 6 unspecified atom stereocenters. The molecule has 76 heavy (non-hydrogen) atoms. The maximum atomic E-state index is 15.5. The molecule has 0 spiro atoms. The first-order valence-corrected chi connectivity index (χ1v) is 25.1. The Bertz CT molecular complexity index is 2980. The van der Waals surface area contributed by atoms with Gasteiger partial charge in [0.05, 0.1) is 54.7 Å². The van der Waals surface area contributed by atoms with Crippen LogP contribution in [0.25, 0.3) is 0 Å². The fraction of sp³-hybridized carbons (Fsp3) is 0.345. The van der Waals surface area contributed by atoms with Crippen molar-refractivity contribution in [2.24, 2.45) is 22.9 Å². The van der Waals surface area contributed by atoms with Crippen LogP contribution in [0.2, 0.25) is 0 Å². The molecular weight excluding hydrogens is 978 g/mol. The first-order valence-electron chi connectivity index (χ1n) is 25.1. The van der Waals surface area contributed by atoms with Crippen LogP contribution >= 0.6 is 0 Å². The molecule has 0 radical (unpaired) electrons. The molecule has 3 aliphatic rings. The number of rotatable bonds is 23. The van der Waals surface area contributed by atoms with E-state index in [0.717, 1.165) is 5.57 Å². The molecular formula is C58H60FN5O12. The molecule has 1 saturated carbocycles. The number of aliphatic hydroxyl groups is 2. The normalized spacial score (nSPS) is 20.6. The van der Waals surface area contributed by atoms with E-state index < -0.39 is 46.4 Å². The number of allylic oxidation sites excluding steroid dienone is 1. The third-order valence-corrected chi connectivity index (χ3v) is 14.2. The van der Waals surface area contributed by atoms with E-state index in [0.29, 0.717) is 89.4 Å². The first kappa shape index (κ1) is 54.2. The van der Waals surface area contributed by atoms with Crippen molar-refractivity contribution in [1.82, 2.24) is 4.90 Å². The van der Waals surface area contributed by atoms with Crippen LogP contribution in [0.3, 0.4) is 0 Å². The quantitative estimate of drug-likeness (QED) is 0.0240. The first-order chi connectivity index (χ1) is 36.9. The van der Waals surface area contributed by atoms with E-state index in [-0.39, 0.29) is 68.2 Å². The Morgan fingerprint density at radius 2 is 1.64 bits per heavy atom. The Morgan fingerprint density at radius 1 is 0.934 bits per heavy atom. The van der Waals surface area contributed by atoms with E-state index >= 15 is 4.79 Å². The van der Waals surface area contributed by atoms with Gasteiger partial charge in [-0.25, -0.2) is 9.18 Å². The number of benzene rings is 5. The van der Waals surface area contributed by atoms with E-state index in [1.54, 1.807) is 95.9 Å². The van der Waals surface area contributed by atoms with E-state index in [2.05, 4.69) is 24.0 Å². The molecule has 2 aliphatic carbocycles. The third kappa shape index (κ3) is 12.0. The van der Waals surface area contributed by atoms with Crippen molar-refractivity contribution in [3.63, 3.8) is 0 Å². The van der Waals surface area contributed by atoms with Gasteiger partial charge in [0.1, 0.15) is 41.5 Å². The number of fused-ring (bicyclic) bond motifs is 2. The fourth-order valence-electron chi connectivity index (χ4n) is 10.7. The number of oxime groups is 1. The molecule has 0 saturated heterocycles. The van der Waals surface area contributed by atoms with Crippen LogP contribution in [0.1, 0.15) is 83.5 Å². The summed E-state index contributed by atoms with van der Waals surface area (Å²) in [6, 6.07) is 29.1. The molecule has 5 aromatic rings. The lowest BCUT2D eigenvalue weighted by Crippen LogP contribution is -2.70. The lowest BCUT2D eigenvalue weighted by molar-refractivity contribution is -0.384. The average molecular weight is 1040 g/mol. The van der Waals surface area contributed by atoms with Crippen molar-refractivity contribution in [1.29, 1.82) is 5.26 Å². The maximum Gasteiger partial charge on any atom is 0.417 e. The summed E-state index contributed by atoms with van der Waals surface area (Å²) in [7, 11) is 2.99. The molecule has 3 N–H and O–H groups in total. The monoisotopic (exact) mass is 1040 g/mol. The Balaban J connectivity index is 1.33. The van der Waals surface area contributed by atoms with E-state index in [9.17, 15) is 34.8 Å². The second kappa shape index (κ2) is 24.9. The lowest BCUT2D eigenvalue weighted by atomic mass is 9.55. The molecule has 0 aromatic heterocycles. The molecule has 8 rings (SSSR count). The summed E-state index contributed by atoms with van der Waals surface area (Å²) in [5.41, 5.74) is 3.91.